The molecule has 174 valence electrons. The summed E-state index contributed by atoms with van der Waals surface area (Å²) in [6, 6.07) is 5.91. The van der Waals surface area contributed by atoms with E-state index in [2.05, 4.69) is 15.3 Å². The highest BCUT2D eigenvalue weighted by Crippen LogP contribution is 2.29. The Morgan fingerprint density at radius 2 is 2.12 bits per heavy atom. The Balaban J connectivity index is 1.34. The van der Waals surface area contributed by atoms with Gasteiger partial charge in [-0.25, -0.2) is 8.78 Å². The molecule has 0 spiro atoms. The number of hydrogen-bond donors (Lipinski definition) is 1. The summed E-state index contributed by atoms with van der Waals surface area (Å²) in [7, 11) is 0. The van der Waals surface area contributed by atoms with Gasteiger partial charge in [0.2, 0.25) is 0 Å². The van der Waals surface area contributed by atoms with Crippen molar-refractivity contribution in [3.05, 3.63) is 46.8 Å². The Hall–Kier alpha value is -2.52. The van der Waals surface area contributed by atoms with Gasteiger partial charge in [-0.05, 0) is 57.0 Å². The van der Waals surface area contributed by atoms with E-state index in [1.807, 2.05) is 31.5 Å². The molecule has 0 bridgehead atoms. The number of fused-ring (bicyclic) bond motifs is 2. The van der Waals surface area contributed by atoms with Crippen molar-refractivity contribution in [1.29, 1.82) is 0 Å². The van der Waals surface area contributed by atoms with Gasteiger partial charge in [-0.3, -0.25) is 14.4 Å². The van der Waals surface area contributed by atoms with E-state index < -0.39 is 6.43 Å². The lowest BCUT2D eigenvalue weighted by Crippen LogP contribution is -2.43. The van der Waals surface area contributed by atoms with Crippen LogP contribution in [0.1, 0.15) is 54.5 Å². The lowest BCUT2D eigenvalue weighted by molar-refractivity contribution is -0.0158. The van der Waals surface area contributed by atoms with E-state index >= 15 is 0 Å². The van der Waals surface area contributed by atoms with Gasteiger partial charge in [0, 0.05) is 25.2 Å². The topological polar surface area (TPSA) is 68.6 Å². The van der Waals surface area contributed by atoms with Gasteiger partial charge in [0.25, 0.3) is 12.3 Å². The molecule has 4 rings (SSSR count). The summed E-state index contributed by atoms with van der Waals surface area (Å²) in [5, 5.41) is 7.39. The molecule has 0 saturated heterocycles. The molecule has 1 amide bonds. The van der Waals surface area contributed by atoms with Crippen molar-refractivity contribution in [3.63, 3.8) is 0 Å². The predicted molar refractivity (Wildman–Crippen MR) is 115 cm³/mol. The molecule has 2 aliphatic heterocycles. The molecule has 7 nitrogen and oxygen atoms in total. The Kier molecular flexibility index (Phi) is 6.48. The largest absolute Gasteiger partial charge is 0.491 e. The summed E-state index contributed by atoms with van der Waals surface area (Å²) in [4.78, 5) is 15.1. The average molecular weight is 449 g/mol. The van der Waals surface area contributed by atoms with Crippen molar-refractivity contribution >= 4 is 5.91 Å². The zero-order valence-corrected chi connectivity index (χ0v) is 18.7. The molecule has 32 heavy (non-hydrogen) atoms. The number of halogens is 2. The third kappa shape index (κ3) is 5.45. The van der Waals surface area contributed by atoms with Gasteiger partial charge >= 0.3 is 0 Å². The van der Waals surface area contributed by atoms with Gasteiger partial charge in [-0.2, -0.15) is 5.10 Å². The molecule has 2 aliphatic rings. The summed E-state index contributed by atoms with van der Waals surface area (Å²) in [5.74, 6) is 0.310. The van der Waals surface area contributed by atoms with Crippen molar-refractivity contribution < 1.29 is 23.0 Å². The highest BCUT2D eigenvalue weighted by Gasteiger charge is 2.26. The normalized spacial score (nSPS) is 18.8. The van der Waals surface area contributed by atoms with Crippen LogP contribution in [0.3, 0.4) is 0 Å². The minimum Gasteiger partial charge on any atom is -0.491 e. The van der Waals surface area contributed by atoms with Crippen LogP contribution < -0.4 is 10.1 Å². The maximum Gasteiger partial charge on any atom is 0.272 e. The summed E-state index contributed by atoms with van der Waals surface area (Å²) < 4.78 is 39.3. The quantitative estimate of drug-likeness (QED) is 0.735. The maximum atomic E-state index is 13.0. The number of amides is 1. The van der Waals surface area contributed by atoms with E-state index in [4.69, 9.17) is 9.47 Å². The van der Waals surface area contributed by atoms with Crippen LogP contribution in [0, 0.1) is 0 Å². The fourth-order valence-electron chi connectivity index (χ4n) is 4.01. The highest BCUT2D eigenvalue weighted by molar-refractivity contribution is 5.92. The van der Waals surface area contributed by atoms with Crippen LogP contribution in [-0.2, 0) is 24.2 Å². The smallest absolute Gasteiger partial charge is 0.272 e. The number of benzene rings is 1. The van der Waals surface area contributed by atoms with Crippen molar-refractivity contribution in [2.45, 2.75) is 58.3 Å². The molecule has 9 heteroatoms. The Morgan fingerprint density at radius 1 is 1.31 bits per heavy atom. The number of ether oxygens (including phenoxy) is 2. The maximum absolute atomic E-state index is 13.0. The predicted octanol–water partition coefficient (Wildman–Crippen LogP) is 3.18. The number of hydrogen-bond acceptors (Lipinski definition) is 5. The fraction of sp³-hybridized carbons (Fsp3) is 0.565. The van der Waals surface area contributed by atoms with Gasteiger partial charge in [0.1, 0.15) is 12.4 Å². The van der Waals surface area contributed by atoms with E-state index in [-0.39, 0.29) is 23.1 Å². The summed E-state index contributed by atoms with van der Waals surface area (Å²) >= 11 is 0. The summed E-state index contributed by atoms with van der Waals surface area (Å²) in [5.41, 5.74) is 1.83. The third-order valence-corrected chi connectivity index (χ3v) is 5.63. The number of alkyl halides is 2. The molecule has 0 fully saturated rings. The van der Waals surface area contributed by atoms with Crippen LogP contribution in [-0.4, -0.2) is 58.5 Å². The molecule has 3 heterocycles. The van der Waals surface area contributed by atoms with E-state index in [0.717, 1.165) is 18.8 Å². The van der Waals surface area contributed by atoms with Gasteiger partial charge in [0.15, 0.2) is 5.69 Å². The number of nitrogens with zero attached hydrogens (tertiary/aromatic N) is 3. The second kappa shape index (κ2) is 9.15. The average Bonchev–Trinajstić information content (AvgIpc) is 3.16. The first kappa shape index (κ1) is 22.7. The van der Waals surface area contributed by atoms with Crippen LogP contribution in [0.2, 0.25) is 0 Å². The molecule has 1 atom stereocenters. The van der Waals surface area contributed by atoms with Gasteiger partial charge < -0.3 is 14.8 Å². The second-order valence-corrected chi connectivity index (χ2v) is 9.33. The first-order valence-electron chi connectivity index (χ1n) is 11.0. The molecule has 1 N–H and O–H groups in total. The monoisotopic (exact) mass is 448 g/mol. The van der Waals surface area contributed by atoms with Gasteiger partial charge in [-0.15, -0.1) is 0 Å². The van der Waals surface area contributed by atoms with Crippen LogP contribution in [0.15, 0.2) is 24.3 Å². The van der Waals surface area contributed by atoms with Gasteiger partial charge in [-0.1, -0.05) is 0 Å². The Bertz CT molecular complexity index is 971. The molecule has 2 aromatic rings. The lowest BCUT2D eigenvalue weighted by atomic mass is 10.00. The minimum absolute atomic E-state index is 0.0430. The van der Waals surface area contributed by atoms with Crippen molar-refractivity contribution in [3.8, 4) is 5.75 Å². The molecular formula is C23H30F2N4O3. The molecule has 1 aromatic heterocycles. The fourth-order valence-corrected chi connectivity index (χ4v) is 4.01. The highest BCUT2D eigenvalue weighted by atomic mass is 19.3. The Labute approximate surface area is 186 Å². The van der Waals surface area contributed by atoms with E-state index in [1.54, 1.807) is 6.07 Å². The lowest BCUT2D eigenvalue weighted by Gasteiger charge is -2.28. The van der Waals surface area contributed by atoms with Crippen molar-refractivity contribution in [2.24, 2.45) is 0 Å². The molecule has 1 aromatic carbocycles. The van der Waals surface area contributed by atoms with Gasteiger partial charge in [0.05, 0.1) is 30.5 Å². The van der Waals surface area contributed by atoms with E-state index in [0.29, 0.717) is 49.7 Å². The van der Waals surface area contributed by atoms with Crippen molar-refractivity contribution in [2.75, 3.05) is 26.3 Å². The SMILES string of the molecule is CC(C)(C)OCCN1CCn2nc(C(=O)N[C@H]3COc4ccc(C(F)F)cc4C3)cc2C1. The first-order valence-corrected chi connectivity index (χ1v) is 11.0. The number of carbonyl (C=O) groups excluding carboxylic acids is 1. The zero-order chi connectivity index (χ0) is 22.9. The number of nitrogens with one attached hydrogen (secondary N) is 1. The number of carbonyl (C=O) groups is 1. The molecular weight excluding hydrogens is 418 g/mol. The minimum atomic E-state index is -2.54. The number of aromatic nitrogens is 2. The van der Waals surface area contributed by atoms with Crippen molar-refractivity contribution in [1.82, 2.24) is 20.0 Å². The molecule has 0 unspecified atom stereocenters. The molecule has 0 aliphatic carbocycles. The van der Waals surface area contributed by atoms with Crippen LogP contribution >= 0.6 is 0 Å². The second-order valence-electron chi connectivity index (χ2n) is 9.33. The standard InChI is InChI=1S/C23H30F2N4O3/c1-23(2,3)32-9-8-28-6-7-29-18(13-28)12-19(27-29)22(30)26-17-11-16-10-15(21(24)25)4-5-20(16)31-14-17/h4-5,10,12,17,21H,6-9,11,13-14H2,1-3H3,(H,26,30)/t17-/m1/s1. The first-order chi connectivity index (χ1) is 15.2. The van der Waals surface area contributed by atoms with Crippen LogP contribution in [0.4, 0.5) is 8.78 Å². The van der Waals surface area contributed by atoms with Crippen LogP contribution in [0.25, 0.3) is 0 Å². The summed E-state index contributed by atoms with van der Waals surface area (Å²) in [6.45, 7) is 10.2. The van der Waals surface area contributed by atoms with Crippen LogP contribution in [0.5, 0.6) is 5.75 Å². The Morgan fingerprint density at radius 3 is 2.88 bits per heavy atom. The number of rotatable bonds is 6. The zero-order valence-electron chi connectivity index (χ0n) is 18.7. The van der Waals surface area contributed by atoms with E-state index in [1.165, 1.54) is 12.1 Å². The summed E-state index contributed by atoms with van der Waals surface area (Å²) in [6.07, 6.45) is -2.09. The molecule has 0 radical (unpaired) electrons. The van der Waals surface area contributed by atoms with E-state index in [9.17, 15) is 13.6 Å². The third-order valence-electron chi connectivity index (χ3n) is 5.63. The molecule has 0 saturated carbocycles.